The molecule has 0 aliphatic rings. The highest BCUT2D eigenvalue weighted by Gasteiger charge is 1.78. The number of hydrogen-bond donors (Lipinski definition) is 1. The van der Waals surface area contributed by atoms with Crippen LogP contribution in [0.4, 0.5) is 0 Å². The van der Waals surface area contributed by atoms with Crippen LogP contribution in [0, 0.1) is 0 Å². The van der Waals surface area contributed by atoms with E-state index in [1.54, 1.807) is 30.4 Å². The number of carboxylic acids is 1. The van der Waals surface area contributed by atoms with E-state index in [1.165, 1.54) is 12.2 Å². The summed E-state index contributed by atoms with van der Waals surface area (Å²) in [7, 11) is 0. The molecule has 0 aromatic carbocycles. The van der Waals surface area contributed by atoms with Crippen LogP contribution in [0.1, 0.15) is 0 Å². The van der Waals surface area contributed by atoms with Gasteiger partial charge in [-0.1, -0.05) is 36.5 Å². The summed E-state index contributed by atoms with van der Waals surface area (Å²) in [6.07, 6.45) is 12.7. The second kappa shape index (κ2) is 8.20. The van der Waals surface area contributed by atoms with Crippen molar-refractivity contribution in [2.75, 3.05) is 0 Å². The molecule has 0 unspecified atom stereocenters. The minimum Gasteiger partial charge on any atom is -0.478 e. The highest BCUT2D eigenvalue weighted by molar-refractivity contribution is 5.80. The van der Waals surface area contributed by atoms with Crippen molar-refractivity contribution >= 4 is 12.3 Å². The molecule has 0 heterocycles. The van der Waals surface area contributed by atoms with Crippen LogP contribution in [0.2, 0.25) is 0 Å². The molecule has 0 aliphatic carbocycles. The SMILES string of the molecule is O=C/C=C/C=C/C=C/C=C/C(=O)O. The Kier molecular flexibility index (Phi) is 7.00. The van der Waals surface area contributed by atoms with E-state index >= 15 is 0 Å². The molecule has 0 bridgehead atoms. The predicted molar refractivity (Wildman–Crippen MR) is 50.3 cm³/mol. The molecule has 0 atom stereocenters. The van der Waals surface area contributed by atoms with E-state index in [0.29, 0.717) is 6.29 Å². The van der Waals surface area contributed by atoms with Crippen molar-refractivity contribution in [1.29, 1.82) is 0 Å². The maximum Gasteiger partial charge on any atom is 0.328 e. The summed E-state index contributed by atoms with van der Waals surface area (Å²) in [5, 5.41) is 8.20. The Bertz CT molecular complexity index is 270. The quantitative estimate of drug-likeness (QED) is 0.394. The molecule has 68 valence electrons. The lowest BCUT2D eigenvalue weighted by atomic mass is 10.4. The zero-order valence-electron chi connectivity index (χ0n) is 6.96. The fourth-order valence-corrected chi connectivity index (χ4v) is 0.504. The Hall–Kier alpha value is -1.90. The van der Waals surface area contributed by atoms with Crippen molar-refractivity contribution in [3.05, 3.63) is 48.6 Å². The van der Waals surface area contributed by atoms with Gasteiger partial charge in [-0.25, -0.2) is 4.79 Å². The molecule has 0 spiro atoms. The van der Waals surface area contributed by atoms with Gasteiger partial charge in [0.1, 0.15) is 6.29 Å². The zero-order valence-corrected chi connectivity index (χ0v) is 6.96. The summed E-state index contributed by atoms with van der Waals surface area (Å²) < 4.78 is 0. The monoisotopic (exact) mass is 178 g/mol. The summed E-state index contributed by atoms with van der Waals surface area (Å²) in [5.41, 5.74) is 0. The first-order chi connectivity index (χ1) is 6.27. The summed E-state index contributed by atoms with van der Waals surface area (Å²) in [6, 6.07) is 0. The first-order valence-corrected chi connectivity index (χ1v) is 3.62. The average molecular weight is 178 g/mol. The molecule has 3 nitrogen and oxygen atoms in total. The van der Waals surface area contributed by atoms with Gasteiger partial charge >= 0.3 is 5.97 Å². The smallest absolute Gasteiger partial charge is 0.328 e. The van der Waals surface area contributed by atoms with E-state index in [2.05, 4.69) is 0 Å². The van der Waals surface area contributed by atoms with Gasteiger partial charge in [-0.05, 0) is 6.08 Å². The third kappa shape index (κ3) is 10.1. The van der Waals surface area contributed by atoms with Crippen LogP contribution >= 0.6 is 0 Å². The molecule has 0 saturated heterocycles. The van der Waals surface area contributed by atoms with Crippen LogP contribution in [0.25, 0.3) is 0 Å². The van der Waals surface area contributed by atoms with E-state index in [9.17, 15) is 9.59 Å². The van der Waals surface area contributed by atoms with Gasteiger partial charge in [0, 0.05) is 6.08 Å². The summed E-state index contributed by atoms with van der Waals surface area (Å²) in [6.45, 7) is 0. The molecule has 0 radical (unpaired) electrons. The number of carbonyl (C=O) groups is 2. The van der Waals surface area contributed by atoms with Gasteiger partial charge in [-0.2, -0.15) is 0 Å². The Morgan fingerprint density at radius 2 is 1.31 bits per heavy atom. The van der Waals surface area contributed by atoms with E-state index < -0.39 is 5.97 Å². The van der Waals surface area contributed by atoms with E-state index in [0.717, 1.165) is 6.08 Å². The largest absolute Gasteiger partial charge is 0.478 e. The van der Waals surface area contributed by atoms with Crippen LogP contribution < -0.4 is 0 Å². The van der Waals surface area contributed by atoms with E-state index in [-0.39, 0.29) is 0 Å². The number of rotatable bonds is 5. The molecule has 0 aromatic rings. The lowest BCUT2D eigenvalue weighted by Gasteiger charge is -1.74. The fraction of sp³-hybridized carbons (Fsp3) is 0. The van der Waals surface area contributed by atoms with E-state index in [4.69, 9.17) is 5.11 Å². The Morgan fingerprint density at radius 3 is 1.77 bits per heavy atom. The minimum absolute atomic E-state index is 0.679. The lowest BCUT2D eigenvalue weighted by molar-refractivity contribution is -0.131. The van der Waals surface area contributed by atoms with Crippen LogP contribution in [-0.4, -0.2) is 17.4 Å². The Labute approximate surface area is 76.4 Å². The van der Waals surface area contributed by atoms with Crippen LogP contribution in [0.3, 0.4) is 0 Å². The molecule has 0 aromatic heterocycles. The molecule has 0 rings (SSSR count). The zero-order chi connectivity index (χ0) is 9.94. The van der Waals surface area contributed by atoms with Crippen LogP contribution in [-0.2, 0) is 9.59 Å². The van der Waals surface area contributed by atoms with Gasteiger partial charge < -0.3 is 5.11 Å². The van der Waals surface area contributed by atoms with Crippen molar-refractivity contribution in [3.8, 4) is 0 Å². The highest BCUT2D eigenvalue weighted by Crippen LogP contribution is 1.81. The Balaban J connectivity index is 3.75. The van der Waals surface area contributed by atoms with Gasteiger partial charge in [0.25, 0.3) is 0 Å². The summed E-state index contributed by atoms with van der Waals surface area (Å²) in [5.74, 6) is -0.977. The van der Waals surface area contributed by atoms with E-state index in [1.807, 2.05) is 0 Å². The van der Waals surface area contributed by atoms with Crippen LogP contribution in [0.5, 0.6) is 0 Å². The maximum atomic E-state index is 9.98. The minimum atomic E-state index is -0.977. The second-order valence-electron chi connectivity index (χ2n) is 1.99. The lowest BCUT2D eigenvalue weighted by Crippen LogP contribution is -1.84. The normalized spacial score (nSPS) is 12.3. The average Bonchev–Trinajstić information content (AvgIpc) is 2.09. The van der Waals surface area contributed by atoms with Gasteiger partial charge in [0.2, 0.25) is 0 Å². The van der Waals surface area contributed by atoms with Crippen molar-refractivity contribution < 1.29 is 14.7 Å². The number of allylic oxidation sites excluding steroid dienone is 7. The van der Waals surface area contributed by atoms with Crippen molar-refractivity contribution in [2.45, 2.75) is 0 Å². The number of carboxylic acid groups (broad SMARTS) is 1. The number of aliphatic carboxylic acids is 1. The van der Waals surface area contributed by atoms with Crippen LogP contribution in [0.15, 0.2) is 48.6 Å². The topological polar surface area (TPSA) is 54.4 Å². The first kappa shape index (κ1) is 11.1. The third-order valence-corrected chi connectivity index (χ3v) is 0.984. The predicted octanol–water partition coefficient (Wildman–Crippen LogP) is 1.49. The molecule has 0 saturated carbocycles. The maximum absolute atomic E-state index is 9.98. The number of carbonyl (C=O) groups excluding carboxylic acids is 1. The molecule has 13 heavy (non-hydrogen) atoms. The third-order valence-electron chi connectivity index (χ3n) is 0.984. The standard InChI is InChI=1S/C10H10O3/c11-9-7-5-3-1-2-4-6-8-10(12)13/h1-9H,(H,12,13)/b3-1+,4-2+,7-5+,8-6+. The van der Waals surface area contributed by atoms with Crippen molar-refractivity contribution in [2.24, 2.45) is 0 Å². The van der Waals surface area contributed by atoms with Gasteiger partial charge in [0.05, 0.1) is 0 Å². The summed E-state index contributed by atoms with van der Waals surface area (Å²) in [4.78, 5) is 19.8. The van der Waals surface area contributed by atoms with Gasteiger partial charge in [-0.15, -0.1) is 0 Å². The first-order valence-electron chi connectivity index (χ1n) is 3.62. The molecule has 3 heteroatoms. The number of hydrogen-bond acceptors (Lipinski definition) is 2. The second-order valence-corrected chi connectivity index (χ2v) is 1.99. The number of aldehydes is 1. The molecular formula is C10H10O3. The van der Waals surface area contributed by atoms with Crippen molar-refractivity contribution in [1.82, 2.24) is 0 Å². The van der Waals surface area contributed by atoms with Crippen molar-refractivity contribution in [3.63, 3.8) is 0 Å². The Morgan fingerprint density at radius 1 is 0.846 bits per heavy atom. The molecular weight excluding hydrogens is 168 g/mol. The fourth-order valence-electron chi connectivity index (χ4n) is 0.504. The molecule has 0 fully saturated rings. The van der Waals surface area contributed by atoms with Gasteiger partial charge in [0.15, 0.2) is 0 Å². The molecule has 0 aliphatic heterocycles. The highest BCUT2D eigenvalue weighted by atomic mass is 16.4. The molecule has 0 amide bonds. The summed E-state index contributed by atoms with van der Waals surface area (Å²) >= 11 is 0. The molecule has 1 N–H and O–H groups in total. The van der Waals surface area contributed by atoms with Gasteiger partial charge in [-0.3, -0.25) is 4.79 Å².